The number of benzene rings is 1. The number of carbonyl (C=O) groups excluding carboxylic acids is 2. The lowest BCUT2D eigenvalue weighted by Gasteiger charge is -2.32. The molecule has 2 fully saturated rings. The first-order chi connectivity index (χ1) is 15.1. The molecule has 164 valence electrons. The highest BCUT2D eigenvalue weighted by atomic mass is 16.2. The van der Waals surface area contributed by atoms with Crippen LogP contribution in [-0.2, 0) is 11.2 Å². The zero-order valence-corrected chi connectivity index (χ0v) is 18.3. The normalized spacial score (nSPS) is 17.5. The molecular formula is C25H32N4O2. The Morgan fingerprint density at radius 2 is 1.81 bits per heavy atom. The number of hydrogen-bond acceptors (Lipinski definition) is 4. The summed E-state index contributed by atoms with van der Waals surface area (Å²) in [6, 6.07) is 11.8. The predicted molar refractivity (Wildman–Crippen MR) is 123 cm³/mol. The van der Waals surface area contributed by atoms with Crippen molar-refractivity contribution in [1.29, 1.82) is 0 Å². The SMILES string of the molecule is CCc1cccc(NC(=O)C2CCN(c3cc(C(=O)N4CCCCC4)ccn3)CC2)c1. The van der Waals surface area contributed by atoms with E-state index in [0.717, 1.165) is 69.8 Å². The molecular weight excluding hydrogens is 388 g/mol. The lowest BCUT2D eigenvalue weighted by atomic mass is 9.95. The summed E-state index contributed by atoms with van der Waals surface area (Å²) in [4.78, 5) is 34.2. The van der Waals surface area contributed by atoms with Gasteiger partial charge in [-0.1, -0.05) is 19.1 Å². The van der Waals surface area contributed by atoms with Crippen molar-refractivity contribution in [3.63, 3.8) is 0 Å². The summed E-state index contributed by atoms with van der Waals surface area (Å²) in [5.41, 5.74) is 2.80. The maximum Gasteiger partial charge on any atom is 0.254 e. The lowest BCUT2D eigenvalue weighted by molar-refractivity contribution is -0.120. The van der Waals surface area contributed by atoms with Crippen LogP contribution in [0.3, 0.4) is 0 Å². The molecule has 4 rings (SSSR count). The summed E-state index contributed by atoms with van der Waals surface area (Å²) < 4.78 is 0. The zero-order chi connectivity index (χ0) is 21.6. The largest absolute Gasteiger partial charge is 0.357 e. The summed E-state index contributed by atoms with van der Waals surface area (Å²) in [6.45, 7) is 5.33. The van der Waals surface area contributed by atoms with Gasteiger partial charge in [-0.3, -0.25) is 9.59 Å². The molecule has 3 heterocycles. The minimum absolute atomic E-state index is 0.000280. The number of pyridine rings is 1. The average molecular weight is 421 g/mol. The third kappa shape index (κ3) is 5.24. The average Bonchev–Trinajstić information content (AvgIpc) is 2.84. The molecule has 6 nitrogen and oxygen atoms in total. The molecule has 2 aromatic rings. The van der Waals surface area contributed by atoms with Crippen LogP contribution in [0.2, 0.25) is 0 Å². The second kappa shape index (κ2) is 9.94. The van der Waals surface area contributed by atoms with Gasteiger partial charge in [0.25, 0.3) is 5.91 Å². The number of nitrogens with zero attached hydrogens (tertiary/aromatic N) is 3. The van der Waals surface area contributed by atoms with E-state index in [1.807, 2.05) is 35.2 Å². The van der Waals surface area contributed by atoms with Gasteiger partial charge in [0.05, 0.1) is 0 Å². The lowest BCUT2D eigenvalue weighted by Crippen LogP contribution is -2.39. The quantitative estimate of drug-likeness (QED) is 0.790. The number of aromatic nitrogens is 1. The monoisotopic (exact) mass is 420 g/mol. The van der Waals surface area contributed by atoms with Crippen molar-refractivity contribution in [1.82, 2.24) is 9.88 Å². The van der Waals surface area contributed by atoms with Gasteiger partial charge in [0, 0.05) is 49.5 Å². The van der Waals surface area contributed by atoms with Crippen LogP contribution in [0.5, 0.6) is 0 Å². The number of piperidine rings is 2. The standard InChI is InChI=1S/C25H32N4O2/c1-2-19-7-6-8-22(17-19)27-24(30)20-10-15-28(16-11-20)23-18-21(9-12-26-23)25(31)29-13-4-3-5-14-29/h6-9,12,17-18,20H,2-5,10-11,13-16H2,1H3,(H,27,30). The predicted octanol–water partition coefficient (Wildman–Crippen LogP) is 4.13. The summed E-state index contributed by atoms with van der Waals surface area (Å²) in [7, 11) is 0. The number of hydrogen-bond donors (Lipinski definition) is 1. The molecule has 31 heavy (non-hydrogen) atoms. The van der Waals surface area contributed by atoms with Crippen LogP contribution in [0.15, 0.2) is 42.6 Å². The molecule has 2 aliphatic rings. The van der Waals surface area contributed by atoms with Gasteiger partial charge in [-0.2, -0.15) is 0 Å². The summed E-state index contributed by atoms with van der Waals surface area (Å²) in [5, 5.41) is 3.08. The van der Waals surface area contributed by atoms with Crippen molar-refractivity contribution in [3.05, 3.63) is 53.7 Å². The van der Waals surface area contributed by atoms with E-state index >= 15 is 0 Å². The van der Waals surface area contributed by atoms with Crippen molar-refractivity contribution in [2.45, 2.75) is 45.4 Å². The van der Waals surface area contributed by atoms with Gasteiger partial charge in [-0.15, -0.1) is 0 Å². The molecule has 1 aromatic heterocycles. The Balaban J connectivity index is 1.34. The summed E-state index contributed by atoms with van der Waals surface area (Å²) >= 11 is 0. The first-order valence-electron chi connectivity index (χ1n) is 11.5. The van der Waals surface area contributed by atoms with Crippen LogP contribution in [0.25, 0.3) is 0 Å². The van der Waals surface area contributed by atoms with Gasteiger partial charge in [-0.05, 0) is 68.4 Å². The van der Waals surface area contributed by atoms with Gasteiger partial charge < -0.3 is 15.1 Å². The smallest absolute Gasteiger partial charge is 0.254 e. The molecule has 1 aromatic carbocycles. The molecule has 0 atom stereocenters. The van der Waals surface area contributed by atoms with Crippen molar-refractivity contribution < 1.29 is 9.59 Å². The minimum Gasteiger partial charge on any atom is -0.357 e. The second-order valence-corrected chi connectivity index (χ2v) is 8.56. The Hall–Kier alpha value is -2.89. The van der Waals surface area contributed by atoms with Crippen LogP contribution >= 0.6 is 0 Å². The third-order valence-electron chi connectivity index (χ3n) is 6.43. The highest BCUT2D eigenvalue weighted by molar-refractivity contribution is 5.95. The number of amides is 2. The molecule has 0 radical (unpaired) electrons. The first-order valence-corrected chi connectivity index (χ1v) is 11.5. The molecule has 0 aliphatic carbocycles. The number of nitrogens with one attached hydrogen (secondary N) is 1. The second-order valence-electron chi connectivity index (χ2n) is 8.56. The van der Waals surface area contributed by atoms with E-state index in [9.17, 15) is 9.59 Å². The molecule has 0 bridgehead atoms. The topological polar surface area (TPSA) is 65.5 Å². The van der Waals surface area contributed by atoms with Gasteiger partial charge in [-0.25, -0.2) is 4.98 Å². The first kappa shape index (κ1) is 21.3. The molecule has 1 N–H and O–H groups in total. The fraction of sp³-hybridized carbons (Fsp3) is 0.480. The van der Waals surface area contributed by atoms with E-state index in [1.54, 1.807) is 6.20 Å². The van der Waals surface area contributed by atoms with Gasteiger partial charge in [0.1, 0.15) is 5.82 Å². The Kier molecular flexibility index (Phi) is 6.85. The highest BCUT2D eigenvalue weighted by Gasteiger charge is 2.26. The van der Waals surface area contributed by atoms with Crippen LogP contribution in [0.4, 0.5) is 11.5 Å². The Bertz CT molecular complexity index is 915. The molecule has 2 saturated heterocycles. The maximum atomic E-state index is 12.8. The number of likely N-dealkylation sites (tertiary alicyclic amines) is 1. The number of carbonyl (C=O) groups is 2. The van der Waals surface area contributed by atoms with Crippen LogP contribution in [0.1, 0.15) is 54.9 Å². The van der Waals surface area contributed by atoms with Crippen LogP contribution in [-0.4, -0.2) is 47.9 Å². The number of rotatable bonds is 5. The van der Waals surface area contributed by atoms with Crippen molar-refractivity contribution in [3.8, 4) is 0 Å². The van der Waals surface area contributed by atoms with E-state index in [-0.39, 0.29) is 17.7 Å². The molecule has 2 aliphatic heterocycles. The molecule has 2 amide bonds. The number of aryl methyl sites for hydroxylation is 1. The summed E-state index contributed by atoms with van der Waals surface area (Å²) in [6.07, 6.45) is 7.62. The minimum atomic E-state index is -0.000280. The van der Waals surface area contributed by atoms with Crippen molar-refractivity contribution >= 4 is 23.3 Å². The highest BCUT2D eigenvalue weighted by Crippen LogP contribution is 2.25. The van der Waals surface area contributed by atoms with E-state index in [1.165, 1.54) is 12.0 Å². The van der Waals surface area contributed by atoms with E-state index in [4.69, 9.17) is 0 Å². The van der Waals surface area contributed by atoms with E-state index < -0.39 is 0 Å². The fourth-order valence-corrected chi connectivity index (χ4v) is 4.49. The van der Waals surface area contributed by atoms with Crippen molar-refractivity contribution in [2.24, 2.45) is 5.92 Å². The fourth-order valence-electron chi connectivity index (χ4n) is 4.49. The molecule has 0 unspecified atom stereocenters. The summed E-state index contributed by atoms with van der Waals surface area (Å²) in [5.74, 6) is 1.03. The molecule has 0 saturated carbocycles. The Morgan fingerprint density at radius 3 is 2.55 bits per heavy atom. The third-order valence-corrected chi connectivity index (χ3v) is 6.43. The van der Waals surface area contributed by atoms with E-state index in [2.05, 4.69) is 28.2 Å². The number of anilines is 2. The maximum absolute atomic E-state index is 12.8. The van der Waals surface area contributed by atoms with Gasteiger partial charge in [0.15, 0.2) is 0 Å². The Labute approximate surface area is 184 Å². The van der Waals surface area contributed by atoms with Crippen LogP contribution in [0, 0.1) is 5.92 Å². The Morgan fingerprint density at radius 1 is 1.03 bits per heavy atom. The van der Waals surface area contributed by atoms with Gasteiger partial charge >= 0.3 is 0 Å². The molecule has 6 heteroatoms. The van der Waals surface area contributed by atoms with E-state index in [0.29, 0.717) is 5.56 Å². The van der Waals surface area contributed by atoms with Crippen molar-refractivity contribution in [2.75, 3.05) is 36.4 Å². The van der Waals surface area contributed by atoms with Gasteiger partial charge in [0.2, 0.25) is 5.91 Å². The zero-order valence-electron chi connectivity index (χ0n) is 18.3. The van der Waals surface area contributed by atoms with Crippen LogP contribution < -0.4 is 10.2 Å². The molecule has 0 spiro atoms.